The lowest BCUT2D eigenvalue weighted by molar-refractivity contribution is -0.155. The molecule has 0 saturated carbocycles. The molecule has 8 nitrogen and oxygen atoms in total. The van der Waals surface area contributed by atoms with Crippen molar-refractivity contribution in [2.45, 2.75) is 71.1 Å². The zero-order chi connectivity index (χ0) is 26.4. The molecule has 2 N–H and O–H groups in total. The Bertz CT molecular complexity index is 1020. The highest BCUT2D eigenvalue weighted by Gasteiger charge is 2.24. The number of rotatable bonds is 12. The largest absolute Gasteiger partial charge is 0.460 e. The van der Waals surface area contributed by atoms with Crippen molar-refractivity contribution in [3.63, 3.8) is 0 Å². The normalized spacial score (nSPS) is 11.6. The van der Waals surface area contributed by atoms with Crippen LogP contribution in [0.1, 0.15) is 63.1 Å². The van der Waals surface area contributed by atoms with E-state index in [1.807, 2.05) is 42.5 Å². The van der Waals surface area contributed by atoms with Gasteiger partial charge in [0.2, 0.25) is 5.91 Å². The fraction of sp³-hybridized carbons (Fsp3) is 0.429. The van der Waals surface area contributed by atoms with Gasteiger partial charge in [0.15, 0.2) is 0 Å². The summed E-state index contributed by atoms with van der Waals surface area (Å²) in [6.07, 6.45) is 1.75. The average molecular weight is 494 g/mol. The molecule has 2 rings (SSSR count). The summed E-state index contributed by atoms with van der Waals surface area (Å²) in [6.45, 7) is 5.81. The summed E-state index contributed by atoms with van der Waals surface area (Å²) in [4.78, 5) is 37.3. The summed E-state index contributed by atoms with van der Waals surface area (Å²) in [7, 11) is 0. The second-order valence-electron chi connectivity index (χ2n) is 9.44. The number of amides is 2. The zero-order valence-corrected chi connectivity index (χ0v) is 21.2. The molecule has 0 heterocycles. The molecule has 0 saturated heterocycles. The Morgan fingerprint density at radius 1 is 0.972 bits per heavy atom. The van der Waals surface area contributed by atoms with Gasteiger partial charge in [0.05, 0.1) is 11.6 Å². The predicted molar refractivity (Wildman–Crippen MR) is 136 cm³/mol. The molecule has 0 spiro atoms. The van der Waals surface area contributed by atoms with Crippen LogP contribution in [-0.4, -0.2) is 36.2 Å². The number of carbonyl (C=O) groups excluding carboxylic acids is 3. The molecule has 0 aliphatic carbocycles. The SMILES string of the molecule is CC(C)(C)OC(=O)CC[C@@H](NC(=O)OCc1ccccc1)C(=O)NCCCCc1ccc(C#N)cc1. The number of esters is 1. The molecule has 0 aliphatic heterocycles. The lowest BCUT2D eigenvalue weighted by atomic mass is 10.1. The maximum atomic E-state index is 12.8. The molecule has 0 radical (unpaired) electrons. The Hall–Kier alpha value is -3.86. The standard InChI is InChI=1S/C28H35N3O5/c1-28(2,3)36-25(32)17-16-24(31-27(34)35-20-23-10-5-4-6-11-23)26(33)30-18-8-7-9-21-12-14-22(19-29)15-13-21/h4-6,10-15,24H,7-9,16-18,20H2,1-3H3,(H,30,33)(H,31,34)/t24-/m1/s1. The Kier molecular flexibility index (Phi) is 11.4. The molecule has 1 atom stereocenters. The molecular formula is C28H35N3O5. The Morgan fingerprint density at radius 3 is 2.31 bits per heavy atom. The molecule has 2 amide bonds. The van der Waals surface area contributed by atoms with E-state index in [2.05, 4.69) is 16.7 Å². The van der Waals surface area contributed by atoms with Crippen molar-refractivity contribution < 1.29 is 23.9 Å². The first-order valence-corrected chi connectivity index (χ1v) is 12.1. The van der Waals surface area contributed by atoms with Gasteiger partial charge >= 0.3 is 12.1 Å². The summed E-state index contributed by atoms with van der Waals surface area (Å²) >= 11 is 0. The van der Waals surface area contributed by atoms with Gasteiger partial charge in [-0.15, -0.1) is 0 Å². The van der Waals surface area contributed by atoms with Crippen LogP contribution in [0.25, 0.3) is 0 Å². The monoisotopic (exact) mass is 493 g/mol. The van der Waals surface area contributed by atoms with Crippen LogP contribution in [0.5, 0.6) is 0 Å². The van der Waals surface area contributed by atoms with Crippen LogP contribution in [0, 0.1) is 11.3 Å². The van der Waals surface area contributed by atoms with E-state index >= 15 is 0 Å². The van der Waals surface area contributed by atoms with Gasteiger partial charge in [0, 0.05) is 13.0 Å². The summed E-state index contributed by atoms with van der Waals surface area (Å²) in [5.41, 5.74) is 1.94. The number of hydrogen-bond acceptors (Lipinski definition) is 6. The first-order valence-electron chi connectivity index (χ1n) is 12.1. The van der Waals surface area contributed by atoms with Crippen molar-refractivity contribution >= 4 is 18.0 Å². The van der Waals surface area contributed by atoms with Gasteiger partial charge in [-0.3, -0.25) is 9.59 Å². The van der Waals surface area contributed by atoms with Crippen LogP contribution in [0.4, 0.5) is 4.79 Å². The van der Waals surface area contributed by atoms with Gasteiger partial charge in [-0.25, -0.2) is 4.79 Å². The Morgan fingerprint density at radius 2 is 1.67 bits per heavy atom. The predicted octanol–water partition coefficient (Wildman–Crippen LogP) is 4.41. The van der Waals surface area contributed by atoms with E-state index in [1.54, 1.807) is 32.9 Å². The highest BCUT2D eigenvalue weighted by atomic mass is 16.6. The number of benzene rings is 2. The highest BCUT2D eigenvalue weighted by molar-refractivity contribution is 5.86. The average Bonchev–Trinajstić information content (AvgIpc) is 2.85. The number of alkyl carbamates (subject to hydrolysis) is 1. The lowest BCUT2D eigenvalue weighted by Crippen LogP contribution is -2.47. The highest BCUT2D eigenvalue weighted by Crippen LogP contribution is 2.11. The molecule has 192 valence electrons. The van der Waals surface area contributed by atoms with Crippen molar-refractivity contribution in [2.24, 2.45) is 0 Å². The number of hydrogen-bond donors (Lipinski definition) is 2. The third kappa shape index (κ3) is 11.5. The minimum absolute atomic E-state index is 0.0208. The van der Waals surface area contributed by atoms with Gasteiger partial charge in [-0.05, 0) is 69.7 Å². The van der Waals surface area contributed by atoms with Crippen LogP contribution in [0.15, 0.2) is 54.6 Å². The Labute approximate surface area is 213 Å². The van der Waals surface area contributed by atoms with Crippen molar-refractivity contribution in [2.75, 3.05) is 6.54 Å². The molecule has 2 aromatic carbocycles. The summed E-state index contributed by atoms with van der Waals surface area (Å²) in [6, 6.07) is 17.8. The minimum atomic E-state index is -0.931. The Balaban J connectivity index is 1.83. The molecule has 0 bridgehead atoms. The molecule has 0 aliphatic rings. The molecule has 0 unspecified atom stereocenters. The third-order valence-corrected chi connectivity index (χ3v) is 5.15. The number of nitriles is 1. The fourth-order valence-electron chi connectivity index (χ4n) is 3.37. The first kappa shape index (κ1) is 28.4. The van der Waals surface area contributed by atoms with Gasteiger partial charge < -0.3 is 20.1 Å². The van der Waals surface area contributed by atoms with E-state index < -0.39 is 23.7 Å². The van der Waals surface area contributed by atoms with E-state index in [0.29, 0.717) is 12.1 Å². The summed E-state index contributed by atoms with van der Waals surface area (Å²) < 4.78 is 10.6. The molecule has 0 fully saturated rings. The number of nitrogens with zero attached hydrogens (tertiary/aromatic N) is 1. The van der Waals surface area contributed by atoms with Gasteiger partial charge in [-0.1, -0.05) is 42.5 Å². The van der Waals surface area contributed by atoms with Crippen molar-refractivity contribution in [3.8, 4) is 6.07 Å². The first-order chi connectivity index (χ1) is 17.2. The number of aryl methyl sites for hydroxylation is 1. The maximum Gasteiger partial charge on any atom is 0.408 e. The number of carbonyl (C=O) groups is 3. The summed E-state index contributed by atoms with van der Waals surface area (Å²) in [5, 5.41) is 14.3. The molecule has 0 aromatic heterocycles. The van der Waals surface area contributed by atoms with Crippen LogP contribution in [0.3, 0.4) is 0 Å². The van der Waals surface area contributed by atoms with Crippen molar-refractivity contribution in [3.05, 3.63) is 71.3 Å². The smallest absolute Gasteiger partial charge is 0.408 e. The van der Waals surface area contributed by atoms with E-state index in [4.69, 9.17) is 14.7 Å². The second kappa shape index (κ2) is 14.5. The molecule has 36 heavy (non-hydrogen) atoms. The summed E-state index contributed by atoms with van der Waals surface area (Å²) in [5.74, 6) is -0.823. The van der Waals surface area contributed by atoms with Crippen LogP contribution in [-0.2, 0) is 32.1 Å². The van der Waals surface area contributed by atoms with Gasteiger partial charge in [0.25, 0.3) is 0 Å². The number of nitrogens with one attached hydrogen (secondary N) is 2. The van der Waals surface area contributed by atoms with Crippen molar-refractivity contribution in [1.82, 2.24) is 10.6 Å². The van der Waals surface area contributed by atoms with Crippen molar-refractivity contribution in [1.29, 1.82) is 5.26 Å². The number of unbranched alkanes of at least 4 members (excludes halogenated alkanes) is 1. The van der Waals surface area contributed by atoms with Gasteiger partial charge in [0.1, 0.15) is 18.2 Å². The topological polar surface area (TPSA) is 118 Å². The van der Waals surface area contributed by atoms with Crippen LogP contribution < -0.4 is 10.6 Å². The van der Waals surface area contributed by atoms with E-state index in [9.17, 15) is 14.4 Å². The van der Waals surface area contributed by atoms with E-state index in [1.165, 1.54) is 0 Å². The lowest BCUT2D eigenvalue weighted by Gasteiger charge is -2.21. The second-order valence-corrected chi connectivity index (χ2v) is 9.44. The zero-order valence-electron chi connectivity index (χ0n) is 21.2. The van der Waals surface area contributed by atoms with E-state index in [-0.39, 0.29) is 25.4 Å². The van der Waals surface area contributed by atoms with Gasteiger partial charge in [-0.2, -0.15) is 5.26 Å². The molecule has 8 heteroatoms. The third-order valence-electron chi connectivity index (χ3n) is 5.15. The fourth-order valence-corrected chi connectivity index (χ4v) is 3.37. The van der Waals surface area contributed by atoms with Crippen LogP contribution >= 0.6 is 0 Å². The molecule has 2 aromatic rings. The van der Waals surface area contributed by atoms with E-state index in [0.717, 1.165) is 30.4 Å². The maximum absolute atomic E-state index is 12.8. The molecular weight excluding hydrogens is 458 g/mol. The number of ether oxygens (including phenoxy) is 2. The quantitative estimate of drug-likeness (QED) is 0.334. The van der Waals surface area contributed by atoms with Crippen LogP contribution in [0.2, 0.25) is 0 Å². The minimum Gasteiger partial charge on any atom is -0.460 e.